The van der Waals surface area contributed by atoms with Crippen LogP contribution in [0, 0.1) is 6.92 Å². The first-order valence-corrected chi connectivity index (χ1v) is 11.9. The first kappa shape index (κ1) is 21.5. The molecule has 3 aromatic rings. The molecule has 4 heterocycles. The molecule has 0 radical (unpaired) electrons. The third-order valence-corrected chi connectivity index (χ3v) is 6.25. The largest absolute Gasteiger partial charge is 0.333 e. The Morgan fingerprint density at radius 1 is 1.29 bits per heavy atom. The number of rotatable bonds is 7. The van der Waals surface area contributed by atoms with E-state index in [1.54, 1.807) is 24.2 Å². The molecule has 1 aliphatic heterocycles. The average molecular weight is 437 g/mol. The zero-order chi connectivity index (χ0) is 21.8. The highest BCUT2D eigenvalue weighted by Gasteiger charge is 2.27. The van der Waals surface area contributed by atoms with Crippen molar-refractivity contribution < 1.29 is 4.79 Å². The van der Waals surface area contributed by atoms with Crippen molar-refractivity contribution in [3.05, 3.63) is 42.4 Å². The van der Waals surface area contributed by atoms with E-state index in [1.165, 1.54) is 12.8 Å². The van der Waals surface area contributed by atoms with Crippen molar-refractivity contribution in [2.24, 2.45) is 0 Å². The molecule has 162 valence electrons. The molecule has 1 saturated heterocycles. The topological polar surface area (TPSA) is 83.0 Å². The van der Waals surface area contributed by atoms with Gasteiger partial charge in [-0.15, -0.1) is 11.8 Å². The van der Waals surface area contributed by atoms with E-state index in [9.17, 15) is 4.79 Å². The Labute approximate surface area is 187 Å². The van der Waals surface area contributed by atoms with Crippen LogP contribution in [0.15, 0.2) is 41.8 Å². The average Bonchev–Trinajstić information content (AvgIpc) is 2.74. The van der Waals surface area contributed by atoms with Gasteiger partial charge in [-0.3, -0.25) is 15.2 Å². The lowest BCUT2D eigenvalue weighted by molar-refractivity contribution is 0.130. The van der Waals surface area contributed by atoms with E-state index in [1.807, 2.05) is 30.7 Å². The lowest BCUT2D eigenvalue weighted by Crippen LogP contribution is -2.59. The van der Waals surface area contributed by atoms with E-state index in [4.69, 9.17) is 4.98 Å². The molecule has 0 spiro atoms. The lowest BCUT2D eigenvalue weighted by atomic mass is 10.1. The number of aromatic nitrogens is 3. The van der Waals surface area contributed by atoms with Crippen LogP contribution in [0.2, 0.25) is 0 Å². The summed E-state index contributed by atoms with van der Waals surface area (Å²) in [6.45, 7) is 7.17. The second kappa shape index (κ2) is 9.62. The van der Waals surface area contributed by atoms with Crippen molar-refractivity contribution >= 4 is 34.4 Å². The predicted molar refractivity (Wildman–Crippen MR) is 127 cm³/mol. The highest BCUT2D eigenvalue weighted by molar-refractivity contribution is 7.98. The van der Waals surface area contributed by atoms with Crippen molar-refractivity contribution in [2.45, 2.75) is 37.8 Å². The molecule has 4 rings (SSSR count). The molecule has 1 aliphatic rings. The van der Waals surface area contributed by atoms with Crippen molar-refractivity contribution in [1.29, 1.82) is 0 Å². The number of likely N-dealkylation sites (tertiary alicyclic amines) is 1. The number of hydrogen-bond acceptors (Lipinski definition) is 6. The Hall–Kier alpha value is -2.71. The van der Waals surface area contributed by atoms with E-state index in [0.717, 1.165) is 52.3 Å². The van der Waals surface area contributed by atoms with Gasteiger partial charge in [-0.2, -0.15) is 0 Å². The van der Waals surface area contributed by atoms with Crippen LogP contribution >= 0.6 is 11.8 Å². The Bertz CT molecular complexity index is 1080. The lowest BCUT2D eigenvalue weighted by Gasteiger charge is -2.39. The van der Waals surface area contributed by atoms with Gasteiger partial charge < -0.3 is 5.32 Å². The van der Waals surface area contributed by atoms with Crippen LogP contribution in [0.3, 0.4) is 0 Å². The minimum absolute atomic E-state index is 0.199. The monoisotopic (exact) mass is 436 g/mol. The van der Waals surface area contributed by atoms with Gasteiger partial charge in [-0.1, -0.05) is 13.3 Å². The molecule has 0 bridgehead atoms. The van der Waals surface area contributed by atoms with Crippen LogP contribution in [-0.4, -0.2) is 57.8 Å². The van der Waals surface area contributed by atoms with Gasteiger partial charge >= 0.3 is 6.03 Å². The summed E-state index contributed by atoms with van der Waals surface area (Å²) < 4.78 is 0. The number of aryl methyl sites for hydroxylation is 1. The van der Waals surface area contributed by atoms with E-state index < -0.39 is 0 Å². The maximum absolute atomic E-state index is 12.4. The molecular formula is C23H28N6OS. The van der Waals surface area contributed by atoms with Crippen molar-refractivity contribution in [3.8, 4) is 11.3 Å². The number of carbonyl (C=O) groups is 1. The number of urea groups is 1. The summed E-state index contributed by atoms with van der Waals surface area (Å²) in [5.74, 6) is 0.527. The van der Waals surface area contributed by atoms with E-state index in [0.29, 0.717) is 5.82 Å². The summed E-state index contributed by atoms with van der Waals surface area (Å²) in [5, 5.41) is 8.76. The van der Waals surface area contributed by atoms with Gasteiger partial charge in [0.2, 0.25) is 0 Å². The molecule has 0 atom stereocenters. The number of amides is 2. The Balaban J connectivity index is 1.49. The Morgan fingerprint density at radius 2 is 2.13 bits per heavy atom. The van der Waals surface area contributed by atoms with Gasteiger partial charge in [0.15, 0.2) is 0 Å². The number of anilines is 1. The van der Waals surface area contributed by atoms with E-state index >= 15 is 0 Å². The van der Waals surface area contributed by atoms with Gasteiger partial charge in [0.25, 0.3) is 0 Å². The number of pyridine rings is 3. The molecule has 0 aliphatic carbocycles. The second-order valence-corrected chi connectivity index (χ2v) is 8.70. The minimum Gasteiger partial charge on any atom is -0.333 e. The highest BCUT2D eigenvalue weighted by atomic mass is 32.2. The maximum atomic E-state index is 12.4. The molecule has 2 amide bonds. The second-order valence-electron chi connectivity index (χ2n) is 7.91. The van der Waals surface area contributed by atoms with Crippen LogP contribution in [0.4, 0.5) is 10.6 Å². The zero-order valence-electron chi connectivity index (χ0n) is 18.2. The summed E-state index contributed by atoms with van der Waals surface area (Å²) >= 11 is 1.58. The number of hydrogen-bond donors (Lipinski definition) is 2. The number of fused-ring (bicyclic) bond motifs is 1. The van der Waals surface area contributed by atoms with Crippen molar-refractivity contribution in [3.63, 3.8) is 0 Å². The summed E-state index contributed by atoms with van der Waals surface area (Å²) in [5.41, 5.74) is 2.99. The molecule has 8 heteroatoms. The Kier molecular flexibility index (Phi) is 6.67. The molecule has 31 heavy (non-hydrogen) atoms. The minimum atomic E-state index is -0.213. The number of nitrogens with zero attached hydrogens (tertiary/aromatic N) is 4. The summed E-state index contributed by atoms with van der Waals surface area (Å²) in [6.07, 6.45) is 9.80. The number of carbonyl (C=O) groups excluding carboxylic acids is 1. The standard InChI is InChI=1S/C23H28N6OS/c1-4-5-8-29-13-17(14-29)26-23(30)28-21-10-16-9-20(18-11-24-7-6-15(18)2)27-22(31-3)19(16)12-25-21/h6-7,9-12,17H,4-5,8,13-14H2,1-3H3,(H2,25,26,28,30). The van der Waals surface area contributed by atoms with Crippen molar-refractivity contribution in [2.75, 3.05) is 31.2 Å². The normalized spacial score (nSPS) is 14.4. The van der Waals surface area contributed by atoms with Crippen LogP contribution < -0.4 is 10.6 Å². The quantitative estimate of drug-likeness (QED) is 0.537. The fourth-order valence-corrected chi connectivity index (χ4v) is 4.36. The van der Waals surface area contributed by atoms with Gasteiger partial charge in [0.1, 0.15) is 10.8 Å². The third kappa shape index (κ3) is 4.97. The SMILES string of the molecule is CCCCN1CC(NC(=O)Nc2cc3cc(-c4cnccc4C)nc(SC)c3cn2)C1. The highest BCUT2D eigenvalue weighted by Crippen LogP contribution is 2.31. The van der Waals surface area contributed by atoms with Gasteiger partial charge in [0, 0.05) is 42.6 Å². The summed E-state index contributed by atoms with van der Waals surface area (Å²) in [6, 6.07) is 5.90. The number of nitrogens with one attached hydrogen (secondary N) is 2. The smallest absolute Gasteiger partial charge is 0.320 e. The van der Waals surface area contributed by atoms with E-state index in [-0.39, 0.29) is 12.1 Å². The molecule has 1 fully saturated rings. The molecule has 7 nitrogen and oxygen atoms in total. The number of unbranched alkanes of at least 4 members (excludes halogenated alkanes) is 1. The molecule has 0 aromatic carbocycles. The van der Waals surface area contributed by atoms with Crippen LogP contribution in [-0.2, 0) is 0 Å². The first-order chi connectivity index (χ1) is 15.1. The predicted octanol–water partition coefficient (Wildman–Crippen LogP) is 4.33. The molecule has 3 aromatic heterocycles. The van der Waals surface area contributed by atoms with Crippen LogP contribution in [0.25, 0.3) is 22.0 Å². The van der Waals surface area contributed by atoms with Gasteiger partial charge in [-0.25, -0.2) is 14.8 Å². The molecule has 0 saturated carbocycles. The molecule has 0 unspecified atom stereocenters. The van der Waals surface area contributed by atoms with Crippen LogP contribution in [0.1, 0.15) is 25.3 Å². The van der Waals surface area contributed by atoms with Gasteiger partial charge in [0.05, 0.1) is 11.7 Å². The van der Waals surface area contributed by atoms with Gasteiger partial charge in [-0.05, 0) is 55.3 Å². The zero-order valence-corrected chi connectivity index (χ0v) is 19.0. The Morgan fingerprint density at radius 3 is 2.87 bits per heavy atom. The summed E-state index contributed by atoms with van der Waals surface area (Å²) in [7, 11) is 0. The van der Waals surface area contributed by atoms with E-state index in [2.05, 4.69) is 39.3 Å². The molecular weight excluding hydrogens is 408 g/mol. The molecule has 2 N–H and O–H groups in total. The fourth-order valence-electron chi connectivity index (χ4n) is 3.78. The van der Waals surface area contributed by atoms with Crippen LogP contribution in [0.5, 0.6) is 0 Å². The third-order valence-electron chi connectivity index (χ3n) is 5.55. The first-order valence-electron chi connectivity index (χ1n) is 10.6. The van der Waals surface area contributed by atoms with Crippen molar-refractivity contribution in [1.82, 2.24) is 25.2 Å². The fraction of sp³-hybridized carbons (Fsp3) is 0.391. The maximum Gasteiger partial charge on any atom is 0.320 e. The summed E-state index contributed by atoms with van der Waals surface area (Å²) in [4.78, 5) is 28.3. The number of thioether (sulfide) groups is 1.